The number of carbonyl (C=O) groups excluding carboxylic acids is 2. The van der Waals surface area contributed by atoms with Crippen molar-refractivity contribution in [3.05, 3.63) is 0 Å². The number of carbonyl (C=O) groups is 2. The highest BCUT2D eigenvalue weighted by Crippen LogP contribution is 2.12. The Morgan fingerprint density at radius 2 is 1.67 bits per heavy atom. The molecule has 2 saturated heterocycles. The first-order valence-corrected chi connectivity index (χ1v) is 8.07. The van der Waals surface area contributed by atoms with Gasteiger partial charge in [-0.25, -0.2) is 0 Å². The predicted octanol–water partition coefficient (Wildman–Crippen LogP) is -0.249. The zero-order chi connectivity index (χ0) is 15.2. The second kappa shape index (κ2) is 7.75. The first-order chi connectivity index (χ1) is 10.1. The number of piperidine rings is 1. The fourth-order valence-electron chi connectivity index (χ4n) is 2.93. The van der Waals surface area contributed by atoms with Gasteiger partial charge < -0.3 is 15.1 Å². The molecule has 2 heterocycles. The largest absolute Gasteiger partial charge is 0.341 e. The molecule has 2 amide bonds. The Morgan fingerprint density at radius 3 is 2.29 bits per heavy atom. The Morgan fingerprint density at radius 1 is 1.05 bits per heavy atom. The van der Waals surface area contributed by atoms with E-state index >= 15 is 0 Å². The number of hydrogen-bond acceptors (Lipinski definition) is 4. The molecule has 1 atom stereocenters. The molecule has 0 aliphatic carbocycles. The van der Waals surface area contributed by atoms with E-state index in [0.717, 1.165) is 52.1 Å². The first-order valence-electron chi connectivity index (χ1n) is 8.07. The average molecular weight is 296 g/mol. The van der Waals surface area contributed by atoms with Gasteiger partial charge >= 0.3 is 0 Å². The lowest BCUT2D eigenvalue weighted by atomic mass is 10.1. The fraction of sp³-hybridized carbons (Fsp3) is 0.867. The van der Waals surface area contributed by atoms with E-state index in [-0.39, 0.29) is 17.9 Å². The van der Waals surface area contributed by atoms with Gasteiger partial charge in [0.25, 0.3) is 0 Å². The lowest BCUT2D eigenvalue weighted by molar-refractivity contribution is -0.139. The lowest BCUT2D eigenvalue weighted by Crippen LogP contribution is -2.52. The standard InChI is InChI=1S/C15H28N4O2/c1-13(15(21)19-8-4-3-5-9-19)17(2)12-14(20)18-10-6-16-7-11-18/h13,16H,3-12H2,1-2H3. The molecule has 0 radical (unpaired) electrons. The first kappa shape index (κ1) is 16.2. The maximum Gasteiger partial charge on any atom is 0.239 e. The van der Waals surface area contributed by atoms with Gasteiger partial charge in [0.15, 0.2) is 0 Å². The molecule has 0 saturated carbocycles. The van der Waals surface area contributed by atoms with E-state index in [1.165, 1.54) is 6.42 Å². The van der Waals surface area contributed by atoms with E-state index in [2.05, 4.69) is 5.32 Å². The van der Waals surface area contributed by atoms with Crippen LogP contribution in [0.15, 0.2) is 0 Å². The van der Waals surface area contributed by atoms with Crippen LogP contribution in [-0.4, -0.2) is 85.4 Å². The molecule has 120 valence electrons. The number of piperazine rings is 1. The van der Waals surface area contributed by atoms with Crippen molar-refractivity contribution in [3.8, 4) is 0 Å². The Labute approximate surface area is 127 Å². The summed E-state index contributed by atoms with van der Waals surface area (Å²) in [6.45, 7) is 7.20. The third-order valence-electron chi connectivity index (χ3n) is 4.54. The van der Waals surface area contributed by atoms with Gasteiger partial charge in [-0.1, -0.05) is 0 Å². The molecule has 2 aliphatic heterocycles. The van der Waals surface area contributed by atoms with Crippen molar-refractivity contribution in [1.29, 1.82) is 0 Å². The number of nitrogens with zero attached hydrogens (tertiary/aromatic N) is 3. The van der Waals surface area contributed by atoms with Crippen molar-refractivity contribution in [3.63, 3.8) is 0 Å². The topological polar surface area (TPSA) is 55.9 Å². The van der Waals surface area contributed by atoms with Crippen LogP contribution >= 0.6 is 0 Å². The van der Waals surface area contributed by atoms with Crippen LogP contribution < -0.4 is 5.32 Å². The minimum atomic E-state index is -0.227. The minimum absolute atomic E-state index is 0.122. The van der Waals surface area contributed by atoms with Gasteiger partial charge in [0.2, 0.25) is 11.8 Å². The summed E-state index contributed by atoms with van der Waals surface area (Å²) in [5.41, 5.74) is 0. The van der Waals surface area contributed by atoms with Crippen LogP contribution in [0.1, 0.15) is 26.2 Å². The van der Waals surface area contributed by atoms with Gasteiger partial charge in [-0.3, -0.25) is 14.5 Å². The van der Waals surface area contributed by atoms with Gasteiger partial charge in [-0.05, 0) is 33.2 Å². The van der Waals surface area contributed by atoms with E-state index in [9.17, 15) is 9.59 Å². The van der Waals surface area contributed by atoms with Crippen LogP contribution in [0.3, 0.4) is 0 Å². The molecule has 1 unspecified atom stereocenters. The van der Waals surface area contributed by atoms with Gasteiger partial charge in [0.1, 0.15) is 0 Å². The number of rotatable bonds is 4. The van der Waals surface area contributed by atoms with Gasteiger partial charge in [0.05, 0.1) is 12.6 Å². The van der Waals surface area contributed by atoms with Gasteiger partial charge in [-0.2, -0.15) is 0 Å². The fourth-order valence-corrected chi connectivity index (χ4v) is 2.93. The Bertz CT molecular complexity index is 363. The number of nitrogens with one attached hydrogen (secondary N) is 1. The second-order valence-corrected chi connectivity index (χ2v) is 6.11. The maximum atomic E-state index is 12.4. The number of likely N-dealkylation sites (N-methyl/N-ethyl adjacent to an activating group) is 1. The van der Waals surface area contributed by atoms with Crippen molar-refractivity contribution >= 4 is 11.8 Å². The number of hydrogen-bond donors (Lipinski definition) is 1. The molecule has 6 heteroatoms. The maximum absolute atomic E-state index is 12.4. The van der Waals surface area contributed by atoms with Crippen molar-refractivity contribution in [2.75, 3.05) is 52.9 Å². The van der Waals surface area contributed by atoms with Crippen LogP contribution in [0.2, 0.25) is 0 Å². The Balaban J connectivity index is 1.81. The molecular formula is C15H28N4O2. The predicted molar refractivity (Wildman–Crippen MR) is 82.0 cm³/mol. The van der Waals surface area contributed by atoms with Gasteiger partial charge in [-0.15, -0.1) is 0 Å². The molecule has 0 aromatic carbocycles. The summed E-state index contributed by atoms with van der Waals surface area (Å²) in [6.07, 6.45) is 3.42. The summed E-state index contributed by atoms with van der Waals surface area (Å²) in [6, 6.07) is -0.227. The number of amides is 2. The summed E-state index contributed by atoms with van der Waals surface area (Å²) in [5, 5.41) is 3.24. The van der Waals surface area contributed by atoms with Crippen LogP contribution in [0, 0.1) is 0 Å². The van der Waals surface area contributed by atoms with E-state index < -0.39 is 0 Å². The summed E-state index contributed by atoms with van der Waals surface area (Å²) >= 11 is 0. The highest BCUT2D eigenvalue weighted by Gasteiger charge is 2.27. The zero-order valence-corrected chi connectivity index (χ0v) is 13.3. The van der Waals surface area contributed by atoms with Crippen molar-refractivity contribution < 1.29 is 9.59 Å². The molecular weight excluding hydrogens is 268 g/mol. The minimum Gasteiger partial charge on any atom is -0.341 e. The Hall–Kier alpha value is -1.14. The summed E-state index contributed by atoms with van der Waals surface area (Å²) in [4.78, 5) is 30.4. The molecule has 0 aromatic heterocycles. The lowest BCUT2D eigenvalue weighted by Gasteiger charge is -2.34. The van der Waals surface area contributed by atoms with E-state index in [4.69, 9.17) is 0 Å². The molecule has 2 fully saturated rings. The number of likely N-dealkylation sites (tertiary alicyclic amines) is 1. The molecule has 1 N–H and O–H groups in total. The third-order valence-corrected chi connectivity index (χ3v) is 4.54. The van der Waals surface area contributed by atoms with E-state index in [1.807, 2.05) is 28.7 Å². The Kier molecular flexibility index (Phi) is 5.99. The highest BCUT2D eigenvalue weighted by atomic mass is 16.2. The van der Waals surface area contributed by atoms with E-state index in [1.54, 1.807) is 0 Å². The zero-order valence-electron chi connectivity index (χ0n) is 13.3. The van der Waals surface area contributed by atoms with E-state index in [0.29, 0.717) is 6.54 Å². The normalized spacial score (nSPS) is 21.5. The van der Waals surface area contributed by atoms with Crippen LogP contribution in [-0.2, 0) is 9.59 Å². The van der Waals surface area contributed by atoms with Crippen molar-refractivity contribution in [2.45, 2.75) is 32.2 Å². The molecule has 21 heavy (non-hydrogen) atoms. The molecule has 2 aliphatic rings. The summed E-state index contributed by atoms with van der Waals surface area (Å²) in [5.74, 6) is 0.280. The molecule has 0 spiro atoms. The van der Waals surface area contributed by atoms with Crippen molar-refractivity contribution in [2.24, 2.45) is 0 Å². The second-order valence-electron chi connectivity index (χ2n) is 6.11. The molecule has 6 nitrogen and oxygen atoms in total. The highest BCUT2D eigenvalue weighted by molar-refractivity contribution is 5.83. The van der Waals surface area contributed by atoms with Gasteiger partial charge in [0, 0.05) is 39.3 Å². The quantitative estimate of drug-likeness (QED) is 0.777. The van der Waals surface area contributed by atoms with Crippen LogP contribution in [0.4, 0.5) is 0 Å². The van der Waals surface area contributed by atoms with Crippen LogP contribution in [0.25, 0.3) is 0 Å². The smallest absolute Gasteiger partial charge is 0.239 e. The molecule has 0 aromatic rings. The van der Waals surface area contributed by atoms with Crippen LogP contribution in [0.5, 0.6) is 0 Å². The molecule has 2 rings (SSSR count). The SMILES string of the molecule is CC(C(=O)N1CCCCC1)N(C)CC(=O)N1CCNCC1. The third kappa shape index (κ3) is 4.41. The molecule has 0 bridgehead atoms. The van der Waals surface area contributed by atoms with Crippen molar-refractivity contribution in [1.82, 2.24) is 20.0 Å². The average Bonchev–Trinajstić information content (AvgIpc) is 2.55. The summed E-state index contributed by atoms with van der Waals surface area (Å²) < 4.78 is 0. The summed E-state index contributed by atoms with van der Waals surface area (Å²) in [7, 11) is 1.87. The monoisotopic (exact) mass is 296 g/mol.